The highest BCUT2D eigenvalue weighted by Crippen LogP contribution is 2.29. The van der Waals surface area contributed by atoms with Gasteiger partial charge in [0, 0.05) is 48.6 Å². The van der Waals surface area contributed by atoms with Crippen LogP contribution in [0.25, 0.3) is 0 Å². The normalized spacial score (nSPS) is 13.2. The summed E-state index contributed by atoms with van der Waals surface area (Å²) in [6.07, 6.45) is 0.818. The van der Waals surface area contributed by atoms with Crippen molar-refractivity contribution in [3.8, 4) is 0 Å². The minimum absolute atomic E-state index is 0.121. The van der Waals surface area contributed by atoms with Gasteiger partial charge in [-0.1, -0.05) is 36.4 Å². The van der Waals surface area contributed by atoms with Gasteiger partial charge in [0.25, 0.3) is 11.6 Å². The third-order valence-corrected chi connectivity index (χ3v) is 6.03. The Morgan fingerprint density at radius 1 is 1.16 bits per heavy atom. The third-order valence-electron chi connectivity index (χ3n) is 5.03. The first-order valence-corrected chi connectivity index (χ1v) is 10.9. The molecule has 2 heterocycles. The van der Waals surface area contributed by atoms with Gasteiger partial charge < -0.3 is 10.6 Å². The molecule has 0 radical (unpaired) electrons. The lowest BCUT2D eigenvalue weighted by Gasteiger charge is -2.25. The molecule has 3 aromatic rings. The fourth-order valence-corrected chi connectivity index (χ4v) is 4.53. The Balaban J connectivity index is 1.30. The Morgan fingerprint density at radius 3 is 2.75 bits per heavy atom. The average molecular weight is 452 g/mol. The van der Waals surface area contributed by atoms with Gasteiger partial charge >= 0.3 is 0 Å². The Hall–Kier alpha value is -3.63. The second kappa shape index (κ2) is 9.67. The average Bonchev–Trinajstić information content (AvgIpc) is 3.19. The van der Waals surface area contributed by atoms with Crippen molar-refractivity contribution >= 4 is 34.0 Å². The lowest BCUT2D eigenvalue weighted by atomic mass is 10.1. The second-order valence-corrected chi connectivity index (χ2v) is 8.46. The van der Waals surface area contributed by atoms with Crippen molar-refractivity contribution in [1.29, 1.82) is 0 Å². The molecule has 10 heteroatoms. The first-order chi connectivity index (χ1) is 15.5. The van der Waals surface area contributed by atoms with E-state index in [4.69, 9.17) is 0 Å². The summed E-state index contributed by atoms with van der Waals surface area (Å²) in [6, 6.07) is 15.6. The maximum Gasteiger partial charge on any atom is 0.270 e. The zero-order valence-corrected chi connectivity index (χ0v) is 17.9. The number of hydrogen-bond donors (Lipinski definition) is 2. The summed E-state index contributed by atoms with van der Waals surface area (Å²) in [7, 11) is 0. The number of carbonyl (C=O) groups excluding carboxylic acids is 2. The Labute approximate surface area is 188 Å². The molecular formula is C22H21N5O4S. The number of amides is 2. The lowest BCUT2D eigenvalue weighted by molar-refractivity contribution is -0.384. The van der Waals surface area contributed by atoms with E-state index in [1.807, 2.05) is 18.2 Å². The van der Waals surface area contributed by atoms with E-state index in [2.05, 4.69) is 32.7 Å². The fraction of sp³-hybridized carbons (Fsp3) is 0.227. The smallest absolute Gasteiger partial charge is 0.270 e. The zero-order valence-electron chi connectivity index (χ0n) is 17.1. The van der Waals surface area contributed by atoms with Gasteiger partial charge in [-0.25, -0.2) is 4.98 Å². The molecule has 9 nitrogen and oxygen atoms in total. The van der Waals surface area contributed by atoms with Crippen LogP contribution in [0.3, 0.4) is 0 Å². The number of nitro benzene ring substituents is 1. The van der Waals surface area contributed by atoms with Gasteiger partial charge in [-0.15, -0.1) is 11.3 Å². The molecule has 2 N–H and O–H groups in total. The van der Waals surface area contributed by atoms with E-state index in [-0.39, 0.29) is 17.8 Å². The van der Waals surface area contributed by atoms with E-state index in [1.54, 1.807) is 0 Å². The molecule has 0 unspecified atom stereocenters. The van der Waals surface area contributed by atoms with E-state index in [1.165, 1.54) is 41.2 Å². The minimum atomic E-state index is -0.575. The van der Waals surface area contributed by atoms with Crippen LogP contribution in [0.1, 0.15) is 26.5 Å². The van der Waals surface area contributed by atoms with Crippen LogP contribution in [-0.2, 0) is 24.3 Å². The Morgan fingerprint density at radius 2 is 1.97 bits per heavy atom. The quantitative estimate of drug-likeness (QED) is 0.421. The molecule has 2 aromatic carbocycles. The number of hydrogen-bond acceptors (Lipinski definition) is 7. The zero-order chi connectivity index (χ0) is 22.5. The van der Waals surface area contributed by atoms with Crippen LogP contribution in [0.4, 0.5) is 10.8 Å². The number of aromatic nitrogens is 1. The molecule has 0 saturated heterocycles. The van der Waals surface area contributed by atoms with Crippen molar-refractivity contribution in [2.75, 3.05) is 18.4 Å². The number of nitro groups is 1. The molecule has 0 atom stereocenters. The lowest BCUT2D eigenvalue weighted by Crippen LogP contribution is -2.32. The molecule has 1 aliphatic rings. The summed E-state index contributed by atoms with van der Waals surface area (Å²) in [4.78, 5) is 42.7. The molecule has 0 saturated carbocycles. The van der Waals surface area contributed by atoms with Gasteiger partial charge in [0.05, 0.1) is 17.2 Å². The van der Waals surface area contributed by atoms with Crippen molar-refractivity contribution in [2.45, 2.75) is 19.5 Å². The van der Waals surface area contributed by atoms with Crippen molar-refractivity contribution in [1.82, 2.24) is 15.2 Å². The molecule has 164 valence electrons. The van der Waals surface area contributed by atoms with Crippen molar-refractivity contribution in [3.63, 3.8) is 0 Å². The summed E-state index contributed by atoms with van der Waals surface area (Å²) < 4.78 is 0. The number of anilines is 1. The topological polar surface area (TPSA) is 117 Å². The summed E-state index contributed by atoms with van der Waals surface area (Å²) in [5.74, 6) is -0.963. The molecule has 4 rings (SSSR count). The highest BCUT2D eigenvalue weighted by molar-refractivity contribution is 7.15. The predicted molar refractivity (Wildman–Crippen MR) is 120 cm³/mol. The van der Waals surface area contributed by atoms with Crippen molar-refractivity contribution in [2.24, 2.45) is 0 Å². The van der Waals surface area contributed by atoms with E-state index in [9.17, 15) is 19.7 Å². The van der Waals surface area contributed by atoms with E-state index in [0.29, 0.717) is 5.13 Å². The predicted octanol–water partition coefficient (Wildman–Crippen LogP) is 2.98. The molecular weight excluding hydrogens is 430 g/mol. The van der Waals surface area contributed by atoms with Crippen LogP contribution in [0.15, 0.2) is 54.6 Å². The number of non-ortho nitro benzene ring substituents is 1. The van der Waals surface area contributed by atoms with Gasteiger partial charge in [-0.2, -0.15) is 0 Å². The van der Waals surface area contributed by atoms with E-state index < -0.39 is 16.7 Å². The molecule has 32 heavy (non-hydrogen) atoms. The van der Waals surface area contributed by atoms with Gasteiger partial charge in [-0.05, 0) is 11.6 Å². The van der Waals surface area contributed by atoms with Gasteiger partial charge in [0.1, 0.15) is 0 Å². The molecule has 1 aromatic heterocycles. The molecule has 0 spiro atoms. The third kappa shape index (κ3) is 5.34. The number of nitrogens with one attached hydrogen (secondary N) is 2. The highest BCUT2D eigenvalue weighted by Gasteiger charge is 2.21. The van der Waals surface area contributed by atoms with Crippen LogP contribution in [0.2, 0.25) is 0 Å². The second-order valence-electron chi connectivity index (χ2n) is 7.37. The monoisotopic (exact) mass is 451 g/mol. The SMILES string of the molecule is O=C(CNC(=O)c1cccc([N+](=O)[O-])c1)Nc1nc2c(s1)CN(Cc1ccccc1)CC2. The number of benzene rings is 2. The number of rotatable bonds is 7. The first-order valence-electron chi connectivity index (χ1n) is 10.1. The minimum Gasteiger partial charge on any atom is -0.343 e. The maximum atomic E-state index is 12.3. The van der Waals surface area contributed by atoms with Crippen LogP contribution < -0.4 is 10.6 Å². The first kappa shape index (κ1) is 21.6. The van der Waals surface area contributed by atoms with Gasteiger partial charge in [0.15, 0.2) is 5.13 Å². The van der Waals surface area contributed by atoms with E-state index in [0.717, 1.165) is 36.6 Å². The number of fused-ring (bicyclic) bond motifs is 1. The van der Waals surface area contributed by atoms with Crippen LogP contribution >= 0.6 is 11.3 Å². The van der Waals surface area contributed by atoms with Crippen LogP contribution in [-0.4, -0.2) is 39.7 Å². The van der Waals surface area contributed by atoms with Crippen LogP contribution in [0.5, 0.6) is 0 Å². The van der Waals surface area contributed by atoms with Gasteiger partial charge in [0.2, 0.25) is 5.91 Å². The highest BCUT2D eigenvalue weighted by atomic mass is 32.1. The summed E-state index contributed by atoms with van der Waals surface area (Å²) >= 11 is 1.44. The Bertz CT molecular complexity index is 1150. The molecule has 0 bridgehead atoms. The number of nitrogens with zero attached hydrogens (tertiary/aromatic N) is 3. The summed E-state index contributed by atoms with van der Waals surface area (Å²) in [5.41, 5.74) is 2.19. The molecule has 1 aliphatic heterocycles. The van der Waals surface area contributed by atoms with Crippen LogP contribution in [0, 0.1) is 10.1 Å². The Kier molecular flexibility index (Phi) is 6.52. The van der Waals surface area contributed by atoms with Gasteiger partial charge in [-0.3, -0.25) is 24.6 Å². The van der Waals surface area contributed by atoms with E-state index >= 15 is 0 Å². The maximum absolute atomic E-state index is 12.3. The summed E-state index contributed by atoms with van der Waals surface area (Å²) in [5, 5.41) is 16.6. The number of carbonyl (C=O) groups is 2. The summed E-state index contributed by atoms with van der Waals surface area (Å²) in [6.45, 7) is 2.29. The molecule has 2 amide bonds. The molecule has 0 aliphatic carbocycles. The molecule has 0 fully saturated rings. The largest absolute Gasteiger partial charge is 0.343 e. The number of thiazole rings is 1. The van der Waals surface area contributed by atoms with Crippen molar-refractivity contribution in [3.05, 3.63) is 86.4 Å². The fourth-order valence-electron chi connectivity index (χ4n) is 3.47. The standard InChI is InChI=1S/C22H21N5O4S/c28-20(12-23-21(29)16-7-4-8-17(11-16)27(30)31)25-22-24-18-9-10-26(14-19(18)32-22)13-15-5-2-1-3-6-15/h1-8,11H,9-10,12-14H2,(H,23,29)(H,24,25,28). The van der Waals surface area contributed by atoms with Crippen molar-refractivity contribution < 1.29 is 14.5 Å².